The zero-order valence-electron chi connectivity index (χ0n) is 11.2. The van der Waals surface area contributed by atoms with Crippen molar-refractivity contribution in [2.24, 2.45) is 5.92 Å². The van der Waals surface area contributed by atoms with Crippen LogP contribution in [0.5, 0.6) is 0 Å². The van der Waals surface area contributed by atoms with E-state index in [-0.39, 0.29) is 11.9 Å². The number of rotatable bonds is 4. The number of aryl methyl sites for hydroxylation is 1. The quantitative estimate of drug-likeness (QED) is 0.744. The van der Waals surface area contributed by atoms with E-state index in [2.05, 4.69) is 12.1 Å². The summed E-state index contributed by atoms with van der Waals surface area (Å²) < 4.78 is 5.35. The minimum absolute atomic E-state index is 0.0468. The Morgan fingerprint density at radius 1 is 1.24 bits per heavy atom. The molecule has 1 atom stereocenters. The van der Waals surface area contributed by atoms with E-state index in [0.717, 1.165) is 12.8 Å². The molecule has 0 aliphatic rings. The average Bonchev–Trinajstić information content (AvgIpc) is 2.25. The number of benzene rings is 1. The Morgan fingerprint density at radius 2 is 1.82 bits per heavy atom. The number of carbonyl (C=O) groups is 1. The Hall–Kier alpha value is -1.31. The fourth-order valence-corrected chi connectivity index (χ4v) is 1.55. The molecule has 0 unspecified atom stereocenters. The van der Waals surface area contributed by atoms with Crippen molar-refractivity contribution in [1.29, 1.82) is 0 Å². The Balaban J connectivity index is 2.40. The number of carbonyl (C=O) groups excluding carboxylic acids is 1. The topological polar surface area (TPSA) is 26.3 Å². The van der Waals surface area contributed by atoms with Gasteiger partial charge in [-0.05, 0) is 39.2 Å². The lowest BCUT2D eigenvalue weighted by molar-refractivity contribution is -0.159. The highest BCUT2D eigenvalue weighted by molar-refractivity contribution is 5.72. The molecule has 1 rings (SSSR count). The van der Waals surface area contributed by atoms with Gasteiger partial charge in [0.2, 0.25) is 0 Å². The molecule has 0 aliphatic heterocycles. The van der Waals surface area contributed by atoms with Crippen molar-refractivity contribution in [3.63, 3.8) is 0 Å². The summed E-state index contributed by atoms with van der Waals surface area (Å²) >= 11 is 0. The molecule has 0 aliphatic carbocycles. The highest BCUT2D eigenvalue weighted by Gasteiger charge is 2.21. The molecule has 0 heterocycles. The van der Waals surface area contributed by atoms with Crippen molar-refractivity contribution in [1.82, 2.24) is 0 Å². The second-order valence-corrected chi connectivity index (χ2v) is 5.46. The molecule has 0 saturated heterocycles. The van der Waals surface area contributed by atoms with Gasteiger partial charge < -0.3 is 4.74 Å². The molecule has 1 aromatic carbocycles. The first kappa shape index (κ1) is 13.8. The second kappa shape index (κ2) is 5.85. The molecule has 2 heteroatoms. The van der Waals surface area contributed by atoms with Gasteiger partial charge in [0.25, 0.3) is 0 Å². The van der Waals surface area contributed by atoms with Crippen LogP contribution in [0.4, 0.5) is 0 Å². The molecule has 1 aromatic rings. The predicted molar refractivity (Wildman–Crippen MR) is 69.8 cm³/mol. The zero-order valence-corrected chi connectivity index (χ0v) is 11.2. The summed E-state index contributed by atoms with van der Waals surface area (Å²) in [5, 5.41) is 0. The van der Waals surface area contributed by atoms with Crippen molar-refractivity contribution in [3.8, 4) is 0 Å². The molecule has 0 aromatic heterocycles. The molecule has 0 saturated carbocycles. The molecule has 2 nitrogen and oxygen atoms in total. The third-order valence-corrected chi connectivity index (χ3v) is 2.52. The van der Waals surface area contributed by atoms with Crippen LogP contribution in [0.25, 0.3) is 0 Å². The Labute approximate surface area is 104 Å². The lowest BCUT2D eigenvalue weighted by Crippen LogP contribution is -2.27. The summed E-state index contributed by atoms with van der Waals surface area (Å²) in [5.41, 5.74) is 0.876. The van der Waals surface area contributed by atoms with Gasteiger partial charge in [-0.25, -0.2) is 0 Å². The van der Waals surface area contributed by atoms with Crippen LogP contribution < -0.4 is 0 Å². The molecule has 0 N–H and O–H groups in total. The largest absolute Gasteiger partial charge is 0.460 e. The third-order valence-electron chi connectivity index (χ3n) is 2.52. The maximum Gasteiger partial charge on any atom is 0.309 e. The van der Waals surface area contributed by atoms with Crippen LogP contribution in [0, 0.1) is 5.92 Å². The molecule has 0 bridgehead atoms. The highest BCUT2D eigenvalue weighted by atomic mass is 16.6. The fourth-order valence-electron chi connectivity index (χ4n) is 1.55. The summed E-state index contributed by atoms with van der Waals surface area (Å²) in [4.78, 5) is 11.8. The maximum atomic E-state index is 11.8. The van der Waals surface area contributed by atoms with Crippen LogP contribution in [0.15, 0.2) is 30.3 Å². The first-order valence-corrected chi connectivity index (χ1v) is 6.15. The lowest BCUT2D eigenvalue weighted by Gasteiger charge is -2.22. The highest BCUT2D eigenvalue weighted by Crippen LogP contribution is 2.15. The summed E-state index contributed by atoms with van der Waals surface area (Å²) in [6.07, 6.45) is 1.75. The van der Waals surface area contributed by atoms with E-state index in [0.29, 0.717) is 0 Å². The van der Waals surface area contributed by atoms with Crippen LogP contribution in [0.1, 0.15) is 39.7 Å². The Bertz CT molecular complexity index is 349. The first-order valence-electron chi connectivity index (χ1n) is 6.15. The van der Waals surface area contributed by atoms with Crippen LogP contribution in [-0.2, 0) is 16.0 Å². The summed E-state index contributed by atoms with van der Waals surface area (Å²) in [7, 11) is 0. The van der Waals surface area contributed by atoms with Crippen molar-refractivity contribution in [2.45, 2.75) is 46.1 Å². The lowest BCUT2D eigenvalue weighted by atomic mass is 10.0. The zero-order chi connectivity index (χ0) is 12.9. The van der Waals surface area contributed by atoms with Crippen molar-refractivity contribution >= 4 is 5.97 Å². The van der Waals surface area contributed by atoms with Crippen molar-refractivity contribution < 1.29 is 9.53 Å². The van der Waals surface area contributed by atoms with Crippen LogP contribution in [0.3, 0.4) is 0 Å². The predicted octanol–water partition coefficient (Wildman–Crippen LogP) is 3.60. The van der Waals surface area contributed by atoms with Crippen LogP contribution >= 0.6 is 0 Å². The van der Waals surface area contributed by atoms with E-state index in [1.165, 1.54) is 5.56 Å². The van der Waals surface area contributed by atoms with E-state index >= 15 is 0 Å². The normalized spacial score (nSPS) is 13.2. The Kier molecular flexibility index (Phi) is 4.73. The van der Waals surface area contributed by atoms with E-state index < -0.39 is 5.60 Å². The van der Waals surface area contributed by atoms with Crippen molar-refractivity contribution in [2.75, 3.05) is 0 Å². The third kappa shape index (κ3) is 5.53. The van der Waals surface area contributed by atoms with Crippen LogP contribution in [-0.4, -0.2) is 11.6 Å². The molecule has 0 fully saturated rings. The van der Waals surface area contributed by atoms with E-state index in [4.69, 9.17) is 4.74 Å². The van der Waals surface area contributed by atoms with Gasteiger partial charge in [0.15, 0.2) is 0 Å². The molecule has 94 valence electrons. The maximum absolute atomic E-state index is 11.8. The monoisotopic (exact) mass is 234 g/mol. The molecular formula is C15H22O2. The van der Waals surface area contributed by atoms with E-state index in [1.807, 2.05) is 45.9 Å². The minimum Gasteiger partial charge on any atom is -0.460 e. The standard InChI is InChI=1S/C15H22O2/c1-12(14(16)17-15(2,3)4)10-11-13-8-6-5-7-9-13/h5-9,12H,10-11H2,1-4H3/t12-/m0/s1. The van der Waals surface area contributed by atoms with Gasteiger partial charge in [-0.15, -0.1) is 0 Å². The summed E-state index contributed by atoms with van der Waals surface area (Å²) in [6.45, 7) is 7.62. The minimum atomic E-state index is -0.391. The van der Waals surface area contributed by atoms with Gasteiger partial charge in [-0.3, -0.25) is 4.79 Å². The fraction of sp³-hybridized carbons (Fsp3) is 0.533. The van der Waals surface area contributed by atoms with Gasteiger partial charge >= 0.3 is 5.97 Å². The molecule has 17 heavy (non-hydrogen) atoms. The van der Waals surface area contributed by atoms with Gasteiger partial charge in [0.1, 0.15) is 5.60 Å². The number of esters is 1. The van der Waals surface area contributed by atoms with E-state index in [1.54, 1.807) is 0 Å². The number of hydrogen-bond acceptors (Lipinski definition) is 2. The number of hydrogen-bond donors (Lipinski definition) is 0. The Morgan fingerprint density at radius 3 is 2.35 bits per heavy atom. The van der Waals surface area contributed by atoms with Gasteiger partial charge in [-0.2, -0.15) is 0 Å². The summed E-state index contributed by atoms with van der Waals surface area (Å²) in [6, 6.07) is 10.2. The molecule has 0 amide bonds. The first-order chi connectivity index (χ1) is 7.88. The SMILES string of the molecule is C[C@@H](CCc1ccccc1)C(=O)OC(C)(C)C. The van der Waals surface area contributed by atoms with Gasteiger partial charge in [0, 0.05) is 0 Å². The van der Waals surface area contributed by atoms with Crippen LogP contribution in [0.2, 0.25) is 0 Å². The number of ether oxygens (including phenoxy) is 1. The molecule has 0 spiro atoms. The summed E-state index contributed by atoms with van der Waals surface area (Å²) in [5.74, 6) is -0.150. The van der Waals surface area contributed by atoms with Crippen molar-refractivity contribution in [3.05, 3.63) is 35.9 Å². The average molecular weight is 234 g/mol. The van der Waals surface area contributed by atoms with E-state index in [9.17, 15) is 4.79 Å². The van der Waals surface area contributed by atoms with Gasteiger partial charge in [-0.1, -0.05) is 37.3 Å². The van der Waals surface area contributed by atoms with Gasteiger partial charge in [0.05, 0.1) is 5.92 Å². The smallest absolute Gasteiger partial charge is 0.309 e. The molecular weight excluding hydrogens is 212 g/mol. The molecule has 0 radical (unpaired) electrons. The second-order valence-electron chi connectivity index (χ2n) is 5.46.